The Kier molecular flexibility index (Phi) is 5.95. The number of nitrogens with zero attached hydrogens (tertiary/aromatic N) is 2. The van der Waals surface area contributed by atoms with Crippen molar-refractivity contribution in [1.29, 1.82) is 0 Å². The number of pyridine rings is 1. The number of piperidine rings is 1. The van der Waals surface area contributed by atoms with Crippen LogP contribution in [-0.4, -0.2) is 34.2 Å². The van der Waals surface area contributed by atoms with Crippen LogP contribution in [0.4, 0.5) is 29.1 Å². The van der Waals surface area contributed by atoms with Crippen LogP contribution in [0.3, 0.4) is 0 Å². The molecule has 2 aromatic rings. The van der Waals surface area contributed by atoms with E-state index in [2.05, 4.69) is 10.3 Å². The Morgan fingerprint density at radius 1 is 1.27 bits per heavy atom. The quantitative estimate of drug-likeness (QED) is 0.584. The third kappa shape index (κ3) is 4.52. The molecule has 1 aromatic carbocycles. The van der Waals surface area contributed by atoms with E-state index in [-0.39, 0.29) is 11.3 Å². The molecular weight excluding hydrogens is 404 g/mol. The Labute approximate surface area is 170 Å². The van der Waals surface area contributed by atoms with Gasteiger partial charge in [0, 0.05) is 19.4 Å². The number of amides is 2. The summed E-state index contributed by atoms with van der Waals surface area (Å²) in [6.07, 6.45) is 0.378. The van der Waals surface area contributed by atoms with Crippen molar-refractivity contribution < 1.29 is 27.2 Å². The smallest absolute Gasteiger partial charge is 0.313 e. The normalized spacial score (nSPS) is 18.2. The van der Waals surface area contributed by atoms with Crippen LogP contribution in [0.5, 0.6) is 0 Å². The lowest BCUT2D eigenvalue weighted by molar-refractivity contribution is -0.151. The van der Waals surface area contributed by atoms with Crippen LogP contribution in [0.1, 0.15) is 36.9 Å². The molecule has 6 nitrogen and oxygen atoms in total. The van der Waals surface area contributed by atoms with Gasteiger partial charge in [0.05, 0.1) is 17.9 Å². The molecule has 3 rings (SSSR count). The maximum absolute atomic E-state index is 14.0. The molecule has 10 heteroatoms. The van der Waals surface area contributed by atoms with Gasteiger partial charge in [-0.05, 0) is 35.7 Å². The lowest BCUT2D eigenvalue weighted by Crippen LogP contribution is -2.48. The van der Waals surface area contributed by atoms with Crippen molar-refractivity contribution in [2.75, 3.05) is 17.6 Å². The van der Waals surface area contributed by atoms with Crippen LogP contribution in [0.25, 0.3) is 0 Å². The molecule has 3 N–H and O–H groups in total. The van der Waals surface area contributed by atoms with Crippen molar-refractivity contribution in [2.45, 2.75) is 38.2 Å². The molecule has 1 fully saturated rings. The molecule has 0 unspecified atom stereocenters. The zero-order chi connectivity index (χ0) is 22.1. The van der Waals surface area contributed by atoms with E-state index in [1.54, 1.807) is 6.07 Å². The number of carbonyl (C=O) groups is 2. The highest BCUT2D eigenvalue weighted by molar-refractivity contribution is 6.39. The van der Waals surface area contributed by atoms with Crippen molar-refractivity contribution in [3.63, 3.8) is 0 Å². The first kappa shape index (κ1) is 21.5. The van der Waals surface area contributed by atoms with Gasteiger partial charge in [-0.2, -0.15) is 0 Å². The Morgan fingerprint density at radius 3 is 2.67 bits per heavy atom. The van der Waals surface area contributed by atoms with Gasteiger partial charge in [-0.3, -0.25) is 9.59 Å². The molecule has 2 amide bonds. The van der Waals surface area contributed by atoms with Crippen LogP contribution in [0.15, 0.2) is 30.5 Å². The predicted molar refractivity (Wildman–Crippen MR) is 102 cm³/mol. The zero-order valence-corrected chi connectivity index (χ0v) is 16.1. The molecule has 1 aliphatic rings. The largest absolute Gasteiger partial charge is 0.383 e. The summed E-state index contributed by atoms with van der Waals surface area (Å²) in [5.74, 6) is -7.30. The van der Waals surface area contributed by atoms with E-state index in [0.29, 0.717) is 17.8 Å². The second-order valence-corrected chi connectivity index (χ2v) is 7.07. The average Bonchev–Trinajstić information content (AvgIpc) is 2.70. The van der Waals surface area contributed by atoms with Crippen molar-refractivity contribution in [2.24, 2.45) is 0 Å². The van der Waals surface area contributed by atoms with E-state index >= 15 is 0 Å². The first-order chi connectivity index (χ1) is 14.1. The molecule has 1 aliphatic heterocycles. The topological polar surface area (TPSA) is 88.3 Å². The van der Waals surface area contributed by atoms with Gasteiger partial charge in [-0.1, -0.05) is 13.0 Å². The number of aromatic nitrogens is 1. The fourth-order valence-electron chi connectivity index (χ4n) is 3.38. The number of likely N-dealkylation sites (tertiary alicyclic amines) is 1. The third-order valence-electron chi connectivity index (χ3n) is 5.01. The van der Waals surface area contributed by atoms with Crippen LogP contribution < -0.4 is 11.1 Å². The Morgan fingerprint density at radius 2 is 2.00 bits per heavy atom. The van der Waals surface area contributed by atoms with Crippen molar-refractivity contribution >= 4 is 23.3 Å². The highest BCUT2D eigenvalue weighted by atomic mass is 19.3. The second-order valence-electron chi connectivity index (χ2n) is 7.07. The summed E-state index contributed by atoms with van der Waals surface area (Å²) in [5, 5.41) is 2.38. The monoisotopic (exact) mass is 424 g/mol. The summed E-state index contributed by atoms with van der Waals surface area (Å²) in [4.78, 5) is 30.1. The maximum Gasteiger partial charge on any atom is 0.313 e. The zero-order valence-electron chi connectivity index (χ0n) is 16.1. The summed E-state index contributed by atoms with van der Waals surface area (Å²) in [6.45, 7) is 1.42. The summed E-state index contributed by atoms with van der Waals surface area (Å²) in [6, 6.07) is 2.96. The van der Waals surface area contributed by atoms with Gasteiger partial charge in [0.2, 0.25) is 0 Å². The van der Waals surface area contributed by atoms with Crippen LogP contribution in [-0.2, 0) is 16.0 Å². The predicted octanol–water partition coefficient (Wildman–Crippen LogP) is 3.44. The number of halogens is 4. The van der Waals surface area contributed by atoms with E-state index in [1.807, 2.05) is 6.92 Å². The van der Waals surface area contributed by atoms with Crippen molar-refractivity contribution in [3.05, 3.63) is 53.2 Å². The molecule has 0 bridgehead atoms. The number of anilines is 2. The molecule has 160 valence electrons. The summed E-state index contributed by atoms with van der Waals surface area (Å²) >= 11 is 0. The highest BCUT2D eigenvalue weighted by Gasteiger charge is 2.44. The van der Waals surface area contributed by atoms with E-state index in [9.17, 15) is 27.2 Å². The van der Waals surface area contributed by atoms with Crippen molar-refractivity contribution in [1.82, 2.24) is 9.88 Å². The minimum Gasteiger partial charge on any atom is -0.383 e. The Bertz CT molecular complexity index is 983. The molecule has 0 aliphatic carbocycles. The number of hydrogen-bond donors (Lipinski definition) is 2. The van der Waals surface area contributed by atoms with E-state index in [0.717, 1.165) is 23.1 Å². The highest BCUT2D eigenvalue weighted by Crippen LogP contribution is 2.40. The summed E-state index contributed by atoms with van der Waals surface area (Å²) < 4.78 is 54.9. The summed E-state index contributed by atoms with van der Waals surface area (Å²) in [7, 11) is 0. The Hall–Kier alpha value is -3.17. The van der Waals surface area contributed by atoms with Crippen molar-refractivity contribution in [3.8, 4) is 0 Å². The molecule has 0 spiro atoms. The van der Waals surface area contributed by atoms with Crippen LogP contribution >= 0.6 is 0 Å². The van der Waals surface area contributed by atoms with Crippen LogP contribution in [0, 0.1) is 11.6 Å². The summed E-state index contributed by atoms with van der Waals surface area (Å²) in [5.41, 5.74) is 6.59. The molecule has 0 saturated carbocycles. The number of hydrogen-bond acceptors (Lipinski definition) is 4. The molecular formula is C20H20F4N4O2. The number of nitrogens with one attached hydrogen (secondary N) is 1. The molecule has 30 heavy (non-hydrogen) atoms. The van der Waals surface area contributed by atoms with Crippen LogP contribution in [0.2, 0.25) is 0 Å². The molecule has 1 aromatic heterocycles. The third-order valence-corrected chi connectivity index (χ3v) is 5.01. The van der Waals surface area contributed by atoms with Gasteiger partial charge in [-0.15, -0.1) is 0 Å². The van der Waals surface area contributed by atoms with E-state index in [1.165, 1.54) is 6.20 Å². The second kappa shape index (κ2) is 8.29. The number of rotatable bonds is 3. The number of carbonyl (C=O) groups excluding carboxylic acids is 2. The van der Waals surface area contributed by atoms with Gasteiger partial charge >= 0.3 is 11.8 Å². The molecule has 2 heterocycles. The molecule has 1 saturated heterocycles. The minimum atomic E-state index is -3.11. The number of aryl methyl sites for hydroxylation is 1. The first-order valence-corrected chi connectivity index (χ1v) is 9.30. The standard InChI is InChI=1S/C20H20F4N4O2/c1-2-11-7-13(10-26-17(11)25)27-18(29)19(30)28-6-5-20(23,24)9-16(28)12-3-4-14(21)15(22)8-12/h3-4,7-8,10,16H,2,5-6,9H2,1H3,(H2,25,26)(H,27,29)/t16-/m0/s1. The number of alkyl halides is 2. The lowest BCUT2D eigenvalue weighted by Gasteiger charge is -2.39. The van der Waals surface area contributed by atoms with Gasteiger partial charge in [-0.25, -0.2) is 22.5 Å². The Balaban J connectivity index is 1.84. The van der Waals surface area contributed by atoms with Gasteiger partial charge in [0.1, 0.15) is 5.82 Å². The maximum atomic E-state index is 14.0. The molecule has 1 atom stereocenters. The van der Waals surface area contributed by atoms with E-state index < -0.39 is 54.8 Å². The number of benzene rings is 1. The first-order valence-electron chi connectivity index (χ1n) is 9.30. The molecule has 0 radical (unpaired) electrons. The number of nitrogen functional groups attached to an aromatic ring is 1. The number of nitrogens with two attached hydrogens (primary N) is 1. The fraction of sp³-hybridized carbons (Fsp3) is 0.350. The van der Waals surface area contributed by atoms with Gasteiger partial charge in [0.15, 0.2) is 11.6 Å². The van der Waals surface area contributed by atoms with E-state index in [4.69, 9.17) is 5.73 Å². The minimum absolute atomic E-state index is 0.0168. The fourth-order valence-corrected chi connectivity index (χ4v) is 3.38. The average molecular weight is 424 g/mol. The SMILES string of the molecule is CCc1cc(NC(=O)C(=O)N2CCC(F)(F)C[C@H]2c2ccc(F)c(F)c2)cnc1N. The lowest BCUT2D eigenvalue weighted by atomic mass is 9.92. The van der Waals surface area contributed by atoms with Gasteiger partial charge < -0.3 is 16.0 Å². The van der Waals surface area contributed by atoms with Gasteiger partial charge in [0.25, 0.3) is 5.92 Å².